The number of nitrogens with one attached hydrogen (secondary N) is 1. The highest BCUT2D eigenvalue weighted by Gasteiger charge is 2.29. The summed E-state index contributed by atoms with van der Waals surface area (Å²) in [5.41, 5.74) is 3.31. The molecule has 1 unspecified atom stereocenters. The summed E-state index contributed by atoms with van der Waals surface area (Å²) in [5.74, 6) is -0.600. The molecule has 0 radical (unpaired) electrons. The molecule has 0 amide bonds. The van der Waals surface area contributed by atoms with Crippen molar-refractivity contribution in [1.29, 1.82) is 0 Å². The predicted octanol–water partition coefficient (Wildman–Crippen LogP) is 2.14. The van der Waals surface area contributed by atoms with Gasteiger partial charge in [-0.2, -0.15) is 0 Å². The summed E-state index contributed by atoms with van der Waals surface area (Å²) in [6.07, 6.45) is 3.89. The Morgan fingerprint density at radius 2 is 2.05 bits per heavy atom. The molecule has 2 heterocycles. The van der Waals surface area contributed by atoms with E-state index < -0.39 is 5.78 Å². The summed E-state index contributed by atoms with van der Waals surface area (Å²) in [6.45, 7) is 3.77. The minimum atomic E-state index is -0.390. The molecular formula is C15H15NO2S. The molecule has 19 heavy (non-hydrogen) atoms. The quantitative estimate of drug-likeness (QED) is 0.630. The maximum Gasteiger partial charge on any atom is 0.226 e. The zero-order valence-electron chi connectivity index (χ0n) is 10.7. The van der Waals surface area contributed by atoms with E-state index in [0.29, 0.717) is 0 Å². The van der Waals surface area contributed by atoms with Crippen LogP contribution in [0.25, 0.3) is 0 Å². The van der Waals surface area contributed by atoms with Crippen LogP contribution in [0.3, 0.4) is 0 Å². The second-order valence-electron chi connectivity index (χ2n) is 4.94. The first kappa shape index (κ1) is 12.5. The SMILES string of the molecule is Cc1sccc1C1CNCCC2=CC(=O)C(=O)C=C21. The monoisotopic (exact) mass is 273 g/mol. The van der Waals surface area contributed by atoms with E-state index in [1.807, 2.05) is 0 Å². The van der Waals surface area contributed by atoms with E-state index in [0.717, 1.165) is 30.7 Å². The zero-order valence-corrected chi connectivity index (χ0v) is 11.5. The van der Waals surface area contributed by atoms with Gasteiger partial charge in [-0.3, -0.25) is 9.59 Å². The Balaban J connectivity index is 2.07. The van der Waals surface area contributed by atoms with Crippen LogP contribution >= 0.6 is 11.3 Å². The van der Waals surface area contributed by atoms with E-state index in [2.05, 4.69) is 23.7 Å². The molecule has 4 heteroatoms. The molecule has 1 aliphatic carbocycles. The lowest BCUT2D eigenvalue weighted by molar-refractivity contribution is -0.131. The fraction of sp³-hybridized carbons (Fsp3) is 0.333. The van der Waals surface area contributed by atoms with Crippen molar-refractivity contribution in [1.82, 2.24) is 5.32 Å². The van der Waals surface area contributed by atoms with Crippen LogP contribution in [0, 0.1) is 6.92 Å². The van der Waals surface area contributed by atoms with Gasteiger partial charge in [0.15, 0.2) is 0 Å². The van der Waals surface area contributed by atoms with Crippen molar-refractivity contribution < 1.29 is 9.59 Å². The smallest absolute Gasteiger partial charge is 0.226 e. The number of ketones is 2. The Morgan fingerprint density at radius 3 is 2.79 bits per heavy atom. The van der Waals surface area contributed by atoms with Crippen molar-refractivity contribution in [2.45, 2.75) is 19.3 Å². The molecule has 1 N–H and O–H groups in total. The van der Waals surface area contributed by atoms with Gasteiger partial charge in [0, 0.05) is 17.3 Å². The van der Waals surface area contributed by atoms with Gasteiger partial charge in [0.1, 0.15) is 0 Å². The fourth-order valence-electron chi connectivity index (χ4n) is 2.77. The topological polar surface area (TPSA) is 46.2 Å². The first-order chi connectivity index (χ1) is 9.16. The molecule has 2 aliphatic rings. The standard InChI is InChI=1S/C15H15NO2S/c1-9-11(3-5-19-9)13-8-16-4-2-10-6-14(17)15(18)7-12(10)13/h3,5-7,13,16H,2,4,8H2,1H3. The van der Waals surface area contributed by atoms with Crippen LogP contribution in [-0.4, -0.2) is 24.7 Å². The molecule has 1 atom stereocenters. The molecule has 0 spiro atoms. The lowest BCUT2D eigenvalue weighted by atomic mass is 9.82. The minimum Gasteiger partial charge on any atom is -0.315 e. The Morgan fingerprint density at radius 1 is 1.26 bits per heavy atom. The van der Waals surface area contributed by atoms with Crippen LogP contribution in [-0.2, 0) is 9.59 Å². The Bertz CT molecular complexity index is 609. The summed E-state index contributed by atoms with van der Waals surface area (Å²) in [7, 11) is 0. The largest absolute Gasteiger partial charge is 0.315 e. The molecule has 0 bridgehead atoms. The maximum atomic E-state index is 11.7. The van der Waals surface area contributed by atoms with Crippen LogP contribution < -0.4 is 5.32 Å². The van der Waals surface area contributed by atoms with Gasteiger partial charge < -0.3 is 5.32 Å². The van der Waals surface area contributed by atoms with Crippen LogP contribution in [0.4, 0.5) is 0 Å². The lowest BCUT2D eigenvalue weighted by Gasteiger charge is -2.21. The molecule has 1 aliphatic heterocycles. The summed E-state index contributed by atoms with van der Waals surface area (Å²) in [4.78, 5) is 24.5. The molecule has 0 saturated carbocycles. The van der Waals surface area contributed by atoms with Gasteiger partial charge in [-0.1, -0.05) is 0 Å². The van der Waals surface area contributed by atoms with Crippen molar-refractivity contribution in [2.75, 3.05) is 13.1 Å². The first-order valence-electron chi connectivity index (χ1n) is 6.42. The van der Waals surface area contributed by atoms with Gasteiger partial charge in [-0.15, -0.1) is 11.3 Å². The molecule has 98 valence electrons. The van der Waals surface area contributed by atoms with Gasteiger partial charge in [-0.25, -0.2) is 0 Å². The van der Waals surface area contributed by atoms with Crippen molar-refractivity contribution in [3.63, 3.8) is 0 Å². The number of allylic oxidation sites excluding steroid dienone is 2. The second kappa shape index (κ2) is 4.87. The Kier molecular flexibility index (Phi) is 3.21. The molecule has 3 nitrogen and oxygen atoms in total. The average Bonchev–Trinajstić information content (AvgIpc) is 2.70. The Labute approximate surface area is 116 Å². The first-order valence-corrected chi connectivity index (χ1v) is 7.30. The lowest BCUT2D eigenvalue weighted by Crippen LogP contribution is -2.22. The summed E-state index contributed by atoms with van der Waals surface area (Å²) in [6, 6.07) is 2.12. The minimum absolute atomic E-state index is 0.178. The van der Waals surface area contributed by atoms with Gasteiger partial charge in [0.25, 0.3) is 0 Å². The highest BCUT2D eigenvalue weighted by Crippen LogP contribution is 2.37. The molecule has 1 fully saturated rings. The van der Waals surface area contributed by atoms with Crippen molar-refractivity contribution >= 4 is 22.9 Å². The van der Waals surface area contributed by atoms with E-state index in [4.69, 9.17) is 0 Å². The number of aryl methyl sites for hydroxylation is 1. The number of thiophene rings is 1. The normalized spacial score (nSPS) is 23.5. The van der Waals surface area contributed by atoms with E-state index in [1.165, 1.54) is 16.5 Å². The summed E-state index contributed by atoms with van der Waals surface area (Å²) < 4.78 is 0. The number of carbonyl (C=O) groups is 2. The summed E-state index contributed by atoms with van der Waals surface area (Å²) >= 11 is 1.72. The summed E-state index contributed by atoms with van der Waals surface area (Å²) in [5, 5.41) is 5.48. The third kappa shape index (κ3) is 2.22. The van der Waals surface area contributed by atoms with E-state index in [-0.39, 0.29) is 11.7 Å². The number of hydrogen-bond acceptors (Lipinski definition) is 4. The number of rotatable bonds is 1. The number of hydrogen-bond donors (Lipinski definition) is 1. The van der Waals surface area contributed by atoms with Crippen LogP contribution in [0.1, 0.15) is 22.8 Å². The highest BCUT2D eigenvalue weighted by atomic mass is 32.1. The zero-order chi connectivity index (χ0) is 13.4. The Hall–Kier alpha value is -1.52. The van der Waals surface area contributed by atoms with E-state index in [9.17, 15) is 9.59 Å². The average molecular weight is 273 g/mol. The van der Waals surface area contributed by atoms with Gasteiger partial charge in [0.05, 0.1) is 0 Å². The van der Waals surface area contributed by atoms with Gasteiger partial charge in [-0.05, 0) is 60.2 Å². The van der Waals surface area contributed by atoms with Gasteiger partial charge in [0.2, 0.25) is 11.6 Å². The van der Waals surface area contributed by atoms with E-state index >= 15 is 0 Å². The molecule has 3 rings (SSSR count). The van der Waals surface area contributed by atoms with Crippen molar-refractivity contribution in [2.24, 2.45) is 0 Å². The molecule has 1 aromatic rings. The predicted molar refractivity (Wildman–Crippen MR) is 75.5 cm³/mol. The molecule has 1 aromatic heterocycles. The molecule has 1 saturated heterocycles. The number of fused-ring (bicyclic) bond motifs is 1. The third-order valence-electron chi connectivity index (χ3n) is 3.77. The third-order valence-corrected chi connectivity index (χ3v) is 4.64. The van der Waals surface area contributed by atoms with Crippen molar-refractivity contribution in [3.8, 4) is 0 Å². The maximum absolute atomic E-state index is 11.7. The van der Waals surface area contributed by atoms with Crippen LogP contribution in [0.5, 0.6) is 0 Å². The van der Waals surface area contributed by atoms with Crippen LogP contribution in [0.2, 0.25) is 0 Å². The van der Waals surface area contributed by atoms with Crippen LogP contribution in [0.15, 0.2) is 34.7 Å². The highest BCUT2D eigenvalue weighted by molar-refractivity contribution is 7.10. The van der Waals surface area contributed by atoms with E-state index in [1.54, 1.807) is 17.4 Å². The second-order valence-corrected chi connectivity index (χ2v) is 6.06. The number of carbonyl (C=O) groups excluding carboxylic acids is 2. The fourth-order valence-corrected chi connectivity index (χ4v) is 3.54. The molecule has 0 aromatic carbocycles. The van der Waals surface area contributed by atoms with Crippen molar-refractivity contribution in [3.05, 3.63) is 45.2 Å². The molecular weight excluding hydrogens is 258 g/mol. The van der Waals surface area contributed by atoms with Gasteiger partial charge >= 0.3 is 0 Å².